The van der Waals surface area contributed by atoms with Gasteiger partial charge in [-0.15, -0.1) is 4.55 Å². The molecule has 0 unspecified atom stereocenters. The molecule has 0 nitrogen and oxygen atoms in total. The molecule has 52 valence electrons. The summed E-state index contributed by atoms with van der Waals surface area (Å²) in [5.74, 6) is 0. The Morgan fingerprint density at radius 2 is 1.89 bits per heavy atom. The van der Waals surface area contributed by atoms with Crippen LogP contribution in [-0.2, 0) is 0 Å². The van der Waals surface area contributed by atoms with Gasteiger partial charge in [-0.25, -0.2) is 0 Å². The van der Waals surface area contributed by atoms with Crippen LogP contribution in [0, 0.1) is 0 Å². The van der Waals surface area contributed by atoms with Crippen LogP contribution in [0.15, 0.2) is 0 Å². The van der Waals surface area contributed by atoms with Gasteiger partial charge < -0.3 is 9.07 Å². The minimum Gasteiger partial charge on any atom is -0.346 e. The Morgan fingerprint density at radius 1 is 1.33 bits per heavy atom. The Morgan fingerprint density at radius 3 is 2.22 bits per heavy atom. The van der Waals surface area contributed by atoms with Crippen molar-refractivity contribution in [1.29, 1.82) is 0 Å². The summed E-state index contributed by atoms with van der Waals surface area (Å²) in [6, 6.07) is 1.46. The highest BCUT2D eigenvalue weighted by Crippen LogP contribution is 2.12. The van der Waals surface area contributed by atoms with Gasteiger partial charge in [-0.05, 0) is 0 Å². The summed E-state index contributed by atoms with van der Waals surface area (Å²) in [5.41, 5.74) is 0. The van der Waals surface area contributed by atoms with Gasteiger partial charge in [0.05, 0.1) is 0 Å². The molecule has 0 spiro atoms. The van der Waals surface area contributed by atoms with Crippen LogP contribution >= 0.6 is 9.07 Å². The van der Waals surface area contributed by atoms with E-state index >= 15 is 0 Å². The van der Waals surface area contributed by atoms with Gasteiger partial charge in [0, 0.05) is 8.07 Å². The highest BCUT2D eigenvalue weighted by molar-refractivity contribution is 6.93. The lowest BCUT2D eigenvalue weighted by Gasteiger charge is -2.14. The predicted octanol–water partition coefficient (Wildman–Crippen LogP) is 2.99. The van der Waals surface area contributed by atoms with E-state index in [1.54, 1.807) is 0 Å². The molecular formula is C6H15ClMgSi. The molecule has 0 aliphatic heterocycles. The van der Waals surface area contributed by atoms with Crippen LogP contribution in [0.25, 0.3) is 0 Å². The Kier molecular flexibility index (Phi) is 5.70. The van der Waals surface area contributed by atoms with Crippen molar-refractivity contribution in [2.24, 2.45) is 0 Å². The van der Waals surface area contributed by atoms with E-state index in [9.17, 15) is 0 Å². The van der Waals surface area contributed by atoms with E-state index in [1.807, 2.05) is 0 Å². The predicted molar refractivity (Wildman–Crippen MR) is 49.2 cm³/mol. The molecule has 0 fully saturated rings. The molecule has 0 radical (unpaired) electrons. The molecule has 0 amide bonds. The normalized spacial score (nSPS) is 11.1. The fourth-order valence-electron chi connectivity index (χ4n) is 0.750. The minimum absolute atomic E-state index is 0.161. The van der Waals surface area contributed by atoms with Crippen molar-refractivity contribution in [3.05, 3.63) is 0 Å². The van der Waals surface area contributed by atoms with Crippen molar-refractivity contribution in [3.63, 3.8) is 0 Å². The third-order valence-corrected chi connectivity index (χ3v) is 4.73. The average Bonchev–Trinajstić information content (AvgIpc) is 1.63. The zero-order valence-electron chi connectivity index (χ0n) is 6.71. The molecule has 0 saturated carbocycles. The molecule has 0 aliphatic carbocycles. The van der Waals surface area contributed by atoms with Crippen molar-refractivity contribution >= 4 is 36.4 Å². The number of hydrogen-bond donors (Lipinski definition) is 0. The second-order valence-corrected chi connectivity index (χ2v) is 11.5. The summed E-state index contributed by atoms with van der Waals surface area (Å²) in [4.78, 5) is 0. The van der Waals surface area contributed by atoms with Gasteiger partial charge in [-0.3, -0.25) is 0 Å². The largest absolute Gasteiger partial charge is 0.501 e. The van der Waals surface area contributed by atoms with Gasteiger partial charge in [0.1, 0.15) is 0 Å². The van der Waals surface area contributed by atoms with Crippen LogP contribution in [0.1, 0.15) is 6.42 Å². The topological polar surface area (TPSA) is 0 Å². The van der Waals surface area contributed by atoms with E-state index in [0.29, 0.717) is 0 Å². The number of halogens is 1. The average molecular weight is 175 g/mol. The molecule has 0 aliphatic rings. The van der Waals surface area contributed by atoms with Gasteiger partial charge in [-0.1, -0.05) is 32.1 Å². The highest BCUT2D eigenvalue weighted by Gasteiger charge is 2.11. The maximum Gasteiger partial charge on any atom is 0.501 e. The van der Waals surface area contributed by atoms with Crippen LogP contribution in [0.3, 0.4) is 0 Å². The van der Waals surface area contributed by atoms with Crippen molar-refractivity contribution in [3.8, 4) is 0 Å². The van der Waals surface area contributed by atoms with Crippen LogP contribution in [0.4, 0.5) is 0 Å². The summed E-state index contributed by atoms with van der Waals surface area (Å²) < 4.78 is 1.34. The van der Waals surface area contributed by atoms with Gasteiger partial charge in [0.2, 0.25) is 0 Å². The first kappa shape index (κ1) is 10.3. The SMILES string of the molecule is C[Si](C)(C)CC[CH2][Mg][Cl]. The maximum absolute atomic E-state index is 5.68. The molecule has 3 heteroatoms. The summed E-state index contributed by atoms with van der Waals surface area (Å²) in [5, 5.41) is 0. The Labute approximate surface area is 72.9 Å². The molecule has 0 bridgehead atoms. The fraction of sp³-hybridized carbons (Fsp3) is 1.00. The number of hydrogen-bond acceptors (Lipinski definition) is 0. The van der Waals surface area contributed by atoms with Gasteiger partial charge in [0.25, 0.3) is 0 Å². The van der Waals surface area contributed by atoms with Crippen molar-refractivity contribution in [1.82, 2.24) is 0 Å². The van der Waals surface area contributed by atoms with Gasteiger partial charge in [-0.2, -0.15) is 0 Å². The second kappa shape index (κ2) is 4.99. The summed E-state index contributed by atoms with van der Waals surface area (Å²) in [6.45, 7) is 7.26. The minimum atomic E-state index is -0.731. The molecule has 0 saturated heterocycles. The first-order chi connectivity index (χ1) is 4.06. The van der Waals surface area contributed by atoms with Crippen molar-refractivity contribution in [2.75, 3.05) is 0 Å². The third-order valence-electron chi connectivity index (χ3n) is 1.31. The lowest BCUT2D eigenvalue weighted by Crippen LogP contribution is -2.18. The van der Waals surface area contributed by atoms with E-state index in [1.165, 1.54) is 17.0 Å². The van der Waals surface area contributed by atoms with E-state index < -0.39 is 8.07 Å². The Hall–Kier alpha value is 1.27. The van der Waals surface area contributed by atoms with Gasteiger partial charge >= 0.3 is 19.3 Å². The summed E-state index contributed by atoms with van der Waals surface area (Å²) in [7, 11) is 4.95. The van der Waals surface area contributed by atoms with Crippen molar-refractivity contribution < 1.29 is 0 Å². The highest BCUT2D eigenvalue weighted by atomic mass is 35.5. The first-order valence-electron chi connectivity index (χ1n) is 3.62. The molecule has 0 atom stereocenters. The molecular weight excluding hydrogens is 160 g/mol. The quantitative estimate of drug-likeness (QED) is 0.455. The first-order valence-corrected chi connectivity index (χ1v) is 10.5. The van der Waals surface area contributed by atoms with Crippen LogP contribution in [0.2, 0.25) is 30.2 Å². The van der Waals surface area contributed by atoms with Crippen LogP contribution < -0.4 is 0 Å². The Balaban J connectivity index is 3.07. The fourth-order valence-corrected chi connectivity index (χ4v) is 3.57. The van der Waals surface area contributed by atoms with E-state index in [-0.39, 0.29) is 19.3 Å². The third kappa shape index (κ3) is 9.27. The zero-order valence-corrected chi connectivity index (χ0v) is 9.88. The monoisotopic (exact) mass is 174 g/mol. The number of rotatable bonds is 4. The molecule has 0 rings (SSSR count). The molecule has 0 N–H and O–H groups in total. The van der Waals surface area contributed by atoms with Crippen LogP contribution in [0.5, 0.6) is 0 Å². The lowest BCUT2D eigenvalue weighted by molar-refractivity contribution is 1.04. The standard InChI is InChI=1S/C6H15Si.ClH.Mg/c1-5-6-7(2,3)4;;/h1,5-6H2,2-4H3;1H;/q;;+1/p-1. The molecule has 9 heavy (non-hydrogen) atoms. The van der Waals surface area contributed by atoms with E-state index in [0.717, 1.165) is 0 Å². The molecule has 0 aromatic heterocycles. The second-order valence-electron chi connectivity index (χ2n) is 3.71. The molecule has 0 aromatic rings. The smallest absolute Gasteiger partial charge is 0.346 e. The zero-order chi connectivity index (χ0) is 7.33. The van der Waals surface area contributed by atoms with E-state index in [4.69, 9.17) is 9.07 Å². The lowest BCUT2D eigenvalue weighted by atomic mass is 10.6. The molecule has 0 aromatic carbocycles. The summed E-state index contributed by atoms with van der Waals surface area (Å²) in [6.07, 6.45) is 1.39. The van der Waals surface area contributed by atoms with E-state index in [2.05, 4.69) is 19.6 Å². The molecule has 0 heterocycles. The van der Waals surface area contributed by atoms with Crippen molar-refractivity contribution in [2.45, 2.75) is 36.7 Å². The maximum atomic E-state index is 5.68. The Bertz CT molecular complexity index is 69.9. The summed E-state index contributed by atoms with van der Waals surface area (Å²) >= 11 is -0.161. The van der Waals surface area contributed by atoms with Crippen LogP contribution in [-0.4, -0.2) is 27.3 Å². The van der Waals surface area contributed by atoms with Gasteiger partial charge in [0.15, 0.2) is 0 Å².